The van der Waals surface area contributed by atoms with E-state index in [9.17, 15) is 4.79 Å². The fourth-order valence-corrected chi connectivity index (χ4v) is 2.29. The van der Waals surface area contributed by atoms with Crippen LogP contribution in [0.15, 0.2) is 42.5 Å². The summed E-state index contributed by atoms with van der Waals surface area (Å²) in [6.45, 7) is 2.06. The van der Waals surface area contributed by atoms with Crippen LogP contribution in [0.5, 0.6) is 5.75 Å². The number of ether oxygens (including phenoxy) is 2. The number of aromatic nitrogens is 2. The average Bonchev–Trinajstić information content (AvgIpc) is 2.96. The number of nitrogens with one attached hydrogen (secondary N) is 2. The molecule has 6 heteroatoms. The van der Waals surface area contributed by atoms with E-state index in [1.165, 1.54) is 0 Å². The molecule has 0 spiro atoms. The van der Waals surface area contributed by atoms with E-state index in [1.807, 2.05) is 42.5 Å². The smallest absolute Gasteiger partial charge is 0.413 e. The zero-order valence-corrected chi connectivity index (χ0v) is 12.9. The molecular weight excluding hydrogens is 294 g/mol. The highest BCUT2D eigenvalue weighted by Gasteiger charge is 2.08. The lowest BCUT2D eigenvalue weighted by Gasteiger charge is -2.03. The molecular formula is C17H17N3O3. The molecule has 0 saturated carbocycles. The standard InChI is InChI=1S/C17H17N3O3/c1-3-23-17(21)20-16-18-14-9-6-12(10-15(14)19-16)11-4-7-13(22-2)8-5-11/h4-10H,3H2,1-2H3,(H2,18,19,20,21). The van der Waals surface area contributed by atoms with Gasteiger partial charge < -0.3 is 14.5 Å². The van der Waals surface area contributed by atoms with Crippen molar-refractivity contribution in [3.05, 3.63) is 42.5 Å². The maximum Gasteiger partial charge on any atom is 0.413 e. The number of anilines is 1. The van der Waals surface area contributed by atoms with Gasteiger partial charge in [0.2, 0.25) is 5.95 Å². The van der Waals surface area contributed by atoms with Crippen LogP contribution in [0.4, 0.5) is 10.7 Å². The van der Waals surface area contributed by atoms with Gasteiger partial charge in [0.05, 0.1) is 24.8 Å². The molecule has 118 valence electrons. The first-order valence-electron chi connectivity index (χ1n) is 7.27. The Hall–Kier alpha value is -3.02. The molecule has 0 aliphatic carbocycles. The van der Waals surface area contributed by atoms with Crippen LogP contribution in [0.2, 0.25) is 0 Å². The number of hydrogen-bond donors (Lipinski definition) is 2. The molecule has 23 heavy (non-hydrogen) atoms. The Bertz CT molecular complexity index is 825. The zero-order valence-electron chi connectivity index (χ0n) is 12.9. The van der Waals surface area contributed by atoms with E-state index in [-0.39, 0.29) is 0 Å². The van der Waals surface area contributed by atoms with Gasteiger partial charge in [-0.25, -0.2) is 9.78 Å². The third-order valence-electron chi connectivity index (χ3n) is 3.40. The van der Waals surface area contributed by atoms with Crippen LogP contribution >= 0.6 is 0 Å². The van der Waals surface area contributed by atoms with E-state index in [4.69, 9.17) is 9.47 Å². The summed E-state index contributed by atoms with van der Waals surface area (Å²) in [6.07, 6.45) is -0.526. The number of amides is 1. The Morgan fingerprint density at radius 3 is 2.61 bits per heavy atom. The van der Waals surface area contributed by atoms with Crippen LogP contribution in [0.1, 0.15) is 6.92 Å². The van der Waals surface area contributed by atoms with E-state index >= 15 is 0 Å². The monoisotopic (exact) mass is 311 g/mol. The highest BCUT2D eigenvalue weighted by Crippen LogP contribution is 2.26. The fourth-order valence-electron chi connectivity index (χ4n) is 2.29. The predicted molar refractivity (Wildman–Crippen MR) is 88.7 cm³/mol. The average molecular weight is 311 g/mol. The van der Waals surface area contributed by atoms with E-state index in [1.54, 1.807) is 14.0 Å². The molecule has 6 nitrogen and oxygen atoms in total. The number of aromatic amines is 1. The van der Waals surface area contributed by atoms with Gasteiger partial charge in [-0.2, -0.15) is 0 Å². The van der Waals surface area contributed by atoms with Crippen molar-refractivity contribution < 1.29 is 14.3 Å². The fraction of sp³-hybridized carbons (Fsp3) is 0.176. The van der Waals surface area contributed by atoms with E-state index in [0.717, 1.165) is 27.9 Å². The van der Waals surface area contributed by atoms with Crippen LogP contribution in [-0.4, -0.2) is 29.8 Å². The van der Waals surface area contributed by atoms with E-state index < -0.39 is 6.09 Å². The number of rotatable bonds is 4. The first kappa shape index (κ1) is 14.9. The molecule has 0 saturated heterocycles. The van der Waals surface area contributed by atoms with E-state index in [2.05, 4.69) is 15.3 Å². The van der Waals surface area contributed by atoms with Crippen molar-refractivity contribution >= 4 is 23.1 Å². The molecule has 0 aliphatic rings. The van der Waals surface area contributed by atoms with Gasteiger partial charge in [-0.3, -0.25) is 5.32 Å². The summed E-state index contributed by atoms with van der Waals surface area (Å²) in [5, 5.41) is 2.56. The Balaban J connectivity index is 1.87. The number of methoxy groups -OCH3 is 1. The van der Waals surface area contributed by atoms with Crippen molar-refractivity contribution in [2.45, 2.75) is 6.92 Å². The van der Waals surface area contributed by atoms with Crippen molar-refractivity contribution in [3.63, 3.8) is 0 Å². The third-order valence-corrected chi connectivity index (χ3v) is 3.40. The second-order valence-electron chi connectivity index (χ2n) is 4.89. The van der Waals surface area contributed by atoms with Crippen LogP contribution in [-0.2, 0) is 4.74 Å². The van der Waals surface area contributed by atoms with Crippen LogP contribution < -0.4 is 10.1 Å². The van der Waals surface area contributed by atoms with Crippen molar-refractivity contribution in [1.29, 1.82) is 0 Å². The molecule has 0 bridgehead atoms. The number of carbonyl (C=O) groups is 1. The van der Waals surface area contributed by atoms with Gasteiger partial charge in [0.25, 0.3) is 0 Å². The van der Waals surface area contributed by atoms with Crippen molar-refractivity contribution in [2.24, 2.45) is 0 Å². The molecule has 0 fully saturated rings. The van der Waals surface area contributed by atoms with Gasteiger partial charge in [-0.05, 0) is 42.3 Å². The predicted octanol–water partition coefficient (Wildman–Crippen LogP) is 3.81. The number of benzene rings is 2. The summed E-state index contributed by atoms with van der Waals surface area (Å²) in [7, 11) is 1.64. The highest BCUT2D eigenvalue weighted by molar-refractivity contribution is 5.88. The number of carbonyl (C=O) groups excluding carboxylic acids is 1. The second-order valence-corrected chi connectivity index (χ2v) is 4.89. The Labute approximate surface area is 133 Å². The van der Waals surface area contributed by atoms with Gasteiger partial charge in [0, 0.05) is 0 Å². The topological polar surface area (TPSA) is 76.2 Å². The lowest BCUT2D eigenvalue weighted by molar-refractivity contribution is 0.167. The van der Waals surface area contributed by atoms with Crippen LogP contribution in [0, 0.1) is 0 Å². The third kappa shape index (κ3) is 3.26. The highest BCUT2D eigenvalue weighted by atomic mass is 16.5. The molecule has 0 radical (unpaired) electrons. The van der Waals surface area contributed by atoms with Crippen molar-refractivity contribution in [3.8, 4) is 16.9 Å². The molecule has 1 aromatic heterocycles. The molecule has 1 amide bonds. The maximum absolute atomic E-state index is 11.4. The maximum atomic E-state index is 11.4. The second kappa shape index (κ2) is 6.39. The minimum Gasteiger partial charge on any atom is -0.497 e. The Morgan fingerprint density at radius 1 is 1.17 bits per heavy atom. The van der Waals surface area contributed by atoms with Gasteiger partial charge in [0.1, 0.15) is 5.75 Å². The van der Waals surface area contributed by atoms with Crippen LogP contribution in [0.3, 0.4) is 0 Å². The first-order chi connectivity index (χ1) is 11.2. The number of H-pyrrole nitrogens is 1. The summed E-state index contributed by atoms with van der Waals surface area (Å²) in [5.41, 5.74) is 3.71. The molecule has 3 aromatic rings. The number of fused-ring (bicyclic) bond motifs is 1. The minimum atomic E-state index is -0.526. The SMILES string of the molecule is CCOC(=O)Nc1nc2cc(-c3ccc(OC)cc3)ccc2[nH]1. The Morgan fingerprint density at radius 2 is 1.91 bits per heavy atom. The largest absolute Gasteiger partial charge is 0.497 e. The number of imidazole rings is 1. The van der Waals surface area contributed by atoms with Gasteiger partial charge in [0.15, 0.2) is 0 Å². The lowest BCUT2D eigenvalue weighted by Crippen LogP contribution is -2.14. The summed E-state index contributed by atoms with van der Waals surface area (Å²) >= 11 is 0. The molecule has 3 rings (SSSR count). The molecule has 1 heterocycles. The van der Waals surface area contributed by atoms with Crippen LogP contribution in [0.25, 0.3) is 22.2 Å². The molecule has 0 unspecified atom stereocenters. The molecule has 2 N–H and O–H groups in total. The summed E-state index contributed by atoms with van der Waals surface area (Å²) in [5.74, 6) is 1.18. The number of nitrogens with zero attached hydrogens (tertiary/aromatic N) is 1. The molecule has 0 aliphatic heterocycles. The molecule has 0 atom stereocenters. The van der Waals surface area contributed by atoms with Crippen molar-refractivity contribution in [1.82, 2.24) is 9.97 Å². The Kier molecular flexibility index (Phi) is 4.14. The number of hydrogen-bond acceptors (Lipinski definition) is 4. The summed E-state index contributed by atoms with van der Waals surface area (Å²) < 4.78 is 10.0. The van der Waals surface area contributed by atoms with Gasteiger partial charge >= 0.3 is 6.09 Å². The van der Waals surface area contributed by atoms with Gasteiger partial charge in [-0.15, -0.1) is 0 Å². The first-order valence-corrected chi connectivity index (χ1v) is 7.27. The minimum absolute atomic E-state index is 0.313. The lowest BCUT2D eigenvalue weighted by atomic mass is 10.1. The van der Waals surface area contributed by atoms with Crippen molar-refractivity contribution in [2.75, 3.05) is 19.0 Å². The zero-order chi connectivity index (χ0) is 16.2. The normalized spacial score (nSPS) is 10.5. The summed E-state index contributed by atoms with van der Waals surface area (Å²) in [6, 6.07) is 13.7. The summed E-state index contributed by atoms with van der Waals surface area (Å²) in [4.78, 5) is 18.8. The van der Waals surface area contributed by atoms with E-state index in [0.29, 0.717) is 12.6 Å². The van der Waals surface area contributed by atoms with Gasteiger partial charge in [-0.1, -0.05) is 18.2 Å². The molecule has 2 aromatic carbocycles. The quantitative estimate of drug-likeness (QED) is 0.768.